The van der Waals surface area contributed by atoms with Crippen LogP contribution in [-0.2, 0) is 26.9 Å². The van der Waals surface area contributed by atoms with E-state index < -0.39 is 20.9 Å². The molecule has 182 valence electrons. The van der Waals surface area contributed by atoms with Crippen LogP contribution in [0.25, 0.3) is 11.1 Å². The quantitative estimate of drug-likeness (QED) is 0.369. The molecule has 9 heteroatoms. The third-order valence-electron chi connectivity index (χ3n) is 6.31. The molecular weight excluding hydrogens is 484 g/mol. The Bertz CT molecular complexity index is 1410. The first-order valence-electron chi connectivity index (χ1n) is 11.0. The van der Waals surface area contributed by atoms with Gasteiger partial charge in [-0.05, 0) is 71.6 Å². The lowest BCUT2D eigenvalue weighted by atomic mass is 9.81. The molecule has 3 aromatic carbocycles. The molecule has 2 unspecified atom stereocenters. The number of rotatable bonds is 7. The highest BCUT2D eigenvalue weighted by Gasteiger charge is 2.51. The number of benzene rings is 3. The Morgan fingerprint density at radius 3 is 2.23 bits per heavy atom. The molecule has 0 saturated carbocycles. The van der Waals surface area contributed by atoms with Gasteiger partial charge < -0.3 is 10.1 Å². The van der Waals surface area contributed by atoms with Crippen molar-refractivity contribution >= 4 is 33.4 Å². The molecule has 1 saturated heterocycles. The van der Waals surface area contributed by atoms with E-state index in [1.807, 2.05) is 54.6 Å². The van der Waals surface area contributed by atoms with Gasteiger partial charge in [-0.2, -0.15) is 8.42 Å². The van der Waals surface area contributed by atoms with Gasteiger partial charge in [0.15, 0.2) is 10.7 Å². The SMILES string of the molecule is COc1cccc(-c2cccc(C3(c4cccc(CC(C)S(=O)(=O)O)c4)NC(=S)N(C)C3=O)c2)c1. The van der Waals surface area contributed by atoms with Crippen LogP contribution >= 0.6 is 12.2 Å². The van der Waals surface area contributed by atoms with Crippen molar-refractivity contribution in [3.05, 3.63) is 89.5 Å². The number of amides is 1. The van der Waals surface area contributed by atoms with Gasteiger partial charge in [-0.15, -0.1) is 0 Å². The van der Waals surface area contributed by atoms with Crippen LogP contribution in [0.2, 0.25) is 0 Å². The highest BCUT2D eigenvalue weighted by Crippen LogP contribution is 2.38. The minimum absolute atomic E-state index is 0.0983. The number of carbonyl (C=O) groups excluding carboxylic acids is 1. The lowest BCUT2D eigenvalue weighted by molar-refractivity contribution is -0.129. The zero-order valence-electron chi connectivity index (χ0n) is 19.6. The van der Waals surface area contributed by atoms with Gasteiger partial charge in [0.05, 0.1) is 12.4 Å². The van der Waals surface area contributed by atoms with Crippen molar-refractivity contribution in [3.8, 4) is 16.9 Å². The molecule has 2 atom stereocenters. The van der Waals surface area contributed by atoms with Crippen LogP contribution in [0, 0.1) is 0 Å². The smallest absolute Gasteiger partial charge is 0.267 e. The molecule has 1 amide bonds. The maximum absolute atomic E-state index is 13.7. The molecule has 4 rings (SSSR count). The summed E-state index contributed by atoms with van der Waals surface area (Å²) in [4.78, 5) is 15.1. The normalized spacial score (nSPS) is 18.9. The molecule has 35 heavy (non-hydrogen) atoms. The van der Waals surface area contributed by atoms with Crippen molar-refractivity contribution in [1.29, 1.82) is 0 Å². The Balaban J connectivity index is 1.85. The summed E-state index contributed by atoms with van der Waals surface area (Å²) in [6, 6.07) is 22.4. The molecular formula is C26H26N2O5S2. The Kier molecular flexibility index (Phi) is 6.68. The van der Waals surface area contributed by atoms with Crippen molar-refractivity contribution in [2.75, 3.05) is 14.2 Å². The lowest BCUT2D eigenvalue weighted by Crippen LogP contribution is -2.45. The van der Waals surface area contributed by atoms with Crippen LogP contribution in [0.4, 0.5) is 0 Å². The number of ether oxygens (including phenoxy) is 1. The minimum Gasteiger partial charge on any atom is -0.497 e. The van der Waals surface area contributed by atoms with Crippen LogP contribution in [0.3, 0.4) is 0 Å². The van der Waals surface area contributed by atoms with Crippen molar-refractivity contribution in [3.63, 3.8) is 0 Å². The van der Waals surface area contributed by atoms with E-state index in [1.54, 1.807) is 32.4 Å². The largest absolute Gasteiger partial charge is 0.497 e. The summed E-state index contributed by atoms with van der Waals surface area (Å²) in [6.07, 6.45) is 0.0983. The van der Waals surface area contributed by atoms with Crippen molar-refractivity contribution in [1.82, 2.24) is 10.2 Å². The number of hydrogen-bond acceptors (Lipinski definition) is 5. The highest BCUT2D eigenvalue weighted by molar-refractivity contribution is 7.86. The van der Waals surface area contributed by atoms with E-state index in [9.17, 15) is 17.8 Å². The van der Waals surface area contributed by atoms with E-state index in [2.05, 4.69) is 5.32 Å². The predicted molar refractivity (Wildman–Crippen MR) is 139 cm³/mol. The third-order valence-corrected chi connectivity index (χ3v) is 7.87. The molecule has 2 N–H and O–H groups in total. The van der Waals surface area contributed by atoms with Gasteiger partial charge in [0.1, 0.15) is 5.75 Å². The topological polar surface area (TPSA) is 95.9 Å². The van der Waals surface area contributed by atoms with Gasteiger partial charge in [0.25, 0.3) is 16.0 Å². The standard InChI is InChI=1S/C26H26N2O5S2/c1-17(35(30,31)32)13-18-7-4-10-21(14-18)26(24(29)28(2)25(34)27-26)22-11-5-8-19(15-22)20-9-6-12-23(16-20)33-3/h4-12,14-17H,13H2,1-3H3,(H,27,34)(H,30,31,32). The molecule has 3 aromatic rings. The first kappa shape index (κ1) is 24.8. The van der Waals surface area contributed by atoms with Crippen molar-refractivity contribution in [2.45, 2.75) is 24.1 Å². The second-order valence-corrected chi connectivity index (χ2v) is 10.8. The third kappa shape index (κ3) is 4.67. The van der Waals surface area contributed by atoms with E-state index in [-0.39, 0.29) is 12.3 Å². The molecule has 1 fully saturated rings. The van der Waals surface area contributed by atoms with Gasteiger partial charge in [-0.3, -0.25) is 14.2 Å². The average Bonchev–Trinajstić information content (AvgIpc) is 3.08. The molecule has 1 aliphatic rings. The fourth-order valence-corrected chi connectivity index (χ4v) is 4.94. The summed E-state index contributed by atoms with van der Waals surface area (Å²) < 4.78 is 37.9. The maximum atomic E-state index is 13.7. The first-order valence-corrected chi connectivity index (χ1v) is 12.9. The van der Waals surface area contributed by atoms with E-state index in [0.29, 0.717) is 21.8 Å². The molecule has 1 heterocycles. The van der Waals surface area contributed by atoms with Crippen molar-refractivity contribution in [2.24, 2.45) is 0 Å². The van der Waals surface area contributed by atoms with Gasteiger partial charge in [0, 0.05) is 7.05 Å². The Morgan fingerprint density at radius 1 is 1.03 bits per heavy atom. The summed E-state index contributed by atoms with van der Waals surface area (Å²) in [5.41, 5.74) is 2.51. The van der Waals surface area contributed by atoms with Crippen LogP contribution in [0.5, 0.6) is 5.75 Å². The van der Waals surface area contributed by atoms with E-state index in [4.69, 9.17) is 17.0 Å². The molecule has 0 aromatic heterocycles. The lowest BCUT2D eigenvalue weighted by Gasteiger charge is -2.29. The monoisotopic (exact) mass is 510 g/mol. The Hall–Kier alpha value is -3.27. The molecule has 1 aliphatic heterocycles. The number of nitrogens with one attached hydrogen (secondary N) is 1. The highest BCUT2D eigenvalue weighted by atomic mass is 32.2. The number of thiocarbonyl (C=S) groups is 1. The number of likely N-dealkylation sites (N-methyl/N-ethyl adjacent to an activating group) is 1. The fourth-order valence-electron chi connectivity index (χ4n) is 4.30. The van der Waals surface area contributed by atoms with Crippen LogP contribution in [-0.4, -0.2) is 48.3 Å². The van der Waals surface area contributed by atoms with Crippen molar-refractivity contribution < 1.29 is 22.5 Å². The van der Waals surface area contributed by atoms with Gasteiger partial charge in [-0.25, -0.2) is 0 Å². The molecule has 7 nitrogen and oxygen atoms in total. The summed E-state index contributed by atoms with van der Waals surface area (Å²) >= 11 is 5.44. The van der Waals surface area contributed by atoms with Crippen LogP contribution in [0.1, 0.15) is 23.6 Å². The van der Waals surface area contributed by atoms with Gasteiger partial charge in [-0.1, -0.05) is 54.6 Å². The zero-order chi connectivity index (χ0) is 25.4. The number of hydrogen-bond donors (Lipinski definition) is 2. The maximum Gasteiger partial charge on any atom is 0.267 e. The van der Waals surface area contributed by atoms with E-state index in [1.165, 1.54) is 11.8 Å². The number of nitrogens with zero attached hydrogens (tertiary/aromatic N) is 1. The average molecular weight is 511 g/mol. The molecule has 0 bridgehead atoms. The van der Waals surface area contributed by atoms with Gasteiger partial charge in [0.2, 0.25) is 0 Å². The first-order chi connectivity index (χ1) is 16.6. The van der Waals surface area contributed by atoms with Crippen LogP contribution < -0.4 is 10.1 Å². The second kappa shape index (κ2) is 9.41. The Labute approximate surface area is 210 Å². The van der Waals surface area contributed by atoms with E-state index in [0.717, 1.165) is 16.9 Å². The molecule has 0 radical (unpaired) electrons. The number of methoxy groups -OCH3 is 1. The van der Waals surface area contributed by atoms with E-state index >= 15 is 0 Å². The summed E-state index contributed by atoms with van der Waals surface area (Å²) in [6.45, 7) is 1.44. The summed E-state index contributed by atoms with van der Waals surface area (Å²) in [5.74, 6) is 0.476. The fraction of sp³-hybridized carbons (Fsp3) is 0.231. The minimum atomic E-state index is -4.19. The summed E-state index contributed by atoms with van der Waals surface area (Å²) in [5, 5.41) is 2.53. The Morgan fingerprint density at radius 2 is 1.63 bits per heavy atom. The number of carbonyl (C=O) groups is 1. The summed E-state index contributed by atoms with van der Waals surface area (Å²) in [7, 11) is -0.962. The molecule has 0 aliphatic carbocycles. The zero-order valence-corrected chi connectivity index (χ0v) is 21.2. The van der Waals surface area contributed by atoms with Gasteiger partial charge >= 0.3 is 0 Å². The van der Waals surface area contributed by atoms with Crippen LogP contribution in [0.15, 0.2) is 72.8 Å². The molecule has 0 spiro atoms. The second-order valence-electron chi connectivity index (χ2n) is 8.59. The predicted octanol–water partition coefficient (Wildman–Crippen LogP) is 3.77.